The van der Waals surface area contributed by atoms with Gasteiger partial charge in [-0.2, -0.15) is 0 Å². The zero-order valence-electron chi connectivity index (χ0n) is 8.64. The molecule has 0 heteroatoms. The number of rotatable bonds is 2. The molecule has 0 saturated carbocycles. The first-order valence-corrected chi connectivity index (χ1v) is 5.21. The predicted octanol–water partition coefficient (Wildman–Crippen LogP) is 4.14. The zero-order chi connectivity index (χ0) is 10.3. The van der Waals surface area contributed by atoms with Crippen LogP contribution < -0.4 is 0 Å². The minimum absolute atomic E-state index is 1.04. The molecule has 0 radical (unpaired) electrons. The molecule has 0 heterocycles. The smallest absolute Gasteiger partial charge is 0.00943 e. The van der Waals surface area contributed by atoms with Crippen LogP contribution in [0.5, 0.6) is 0 Å². The van der Waals surface area contributed by atoms with Crippen LogP contribution in [-0.4, -0.2) is 0 Å². The number of hydrogen-bond donors (Lipinski definition) is 0. The Kier molecular flexibility index (Phi) is 3.34. The molecule has 0 N–H and O–H groups in total. The highest BCUT2D eigenvalue weighted by molar-refractivity contribution is 5.51. The molecule has 0 atom stereocenters. The maximum absolute atomic E-state index is 2.17. The van der Waals surface area contributed by atoms with E-state index >= 15 is 0 Å². The standard InChI is InChI=1S/C15H14/c1-3-8-14(9-4-1)12-7-13-15-10-5-2-6-11-15/h1-10,12-13H,11H2. The van der Waals surface area contributed by atoms with Crippen molar-refractivity contribution in [3.8, 4) is 0 Å². The third-order valence-electron chi connectivity index (χ3n) is 2.31. The minimum Gasteiger partial charge on any atom is -0.0801 e. The van der Waals surface area contributed by atoms with Gasteiger partial charge < -0.3 is 0 Å². The second kappa shape index (κ2) is 5.16. The average Bonchev–Trinajstić information content (AvgIpc) is 2.32. The number of benzene rings is 1. The fraction of sp³-hybridized carbons (Fsp3) is 0.0667. The van der Waals surface area contributed by atoms with Gasteiger partial charge in [0.2, 0.25) is 0 Å². The van der Waals surface area contributed by atoms with Crippen molar-refractivity contribution in [3.05, 3.63) is 77.9 Å². The lowest BCUT2D eigenvalue weighted by atomic mass is 10.1. The van der Waals surface area contributed by atoms with Crippen molar-refractivity contribution in [3.63, 3.8) is 0 Å². The zero-order valence-corrected chi connectivity index (χ0v) is 8.64. The minimum atomic E-state index is 1.04. The first-order valence-electron chi connectivity index (χ1n) is 5.21. The Balaban J connectivity index is 2.01. The molecular formula is C15H14. The molecule has 2 rings (SSSR count). The summed E-state index contributed by atoms with van der Waals surface area (Å²) in [5, 5.41) is 0. The summed E-state index contributed by atoms with van der Waals surface area (Å²) in [6.07, 6.45) is 15.9. The summed E-state index contributed by atoms with van der Waals surface area (Å²) < 4.78 is 0. The van der Waals surface area contributed by atoms with E-state index in [4.69, 9.17) is 0 Å². The van der Waals surface area contributed by atoms with E-state index in [1.807, 2.05) is 6.07 Å². The summed E-state index contributed by atoms with van der Waals surface area (Å²) in [5.41, 5.74) is 2.59. The van der Waals surface area contributed by atoms with Gasteiger partial charge in [0, 0.05) is 0 Å². The van der Waals surface area contributed by atoms with E-state index in [9.17, 15) is 0 Å². The molecule has 1 aromatic rings. The monoisotopic (exact) mass is 194 g/mol. The lowest BCUT2D eigenvalue weighted by Crippen LogP contribution is -1.78. The maximum atomic E-state index is 2.17. The lowest BCUT2D eigenvalue weighted by molar-refractivity contribution is 1.26. The molecule has 1 aliphatic carbocycles. The summed E-state index contributed by atoms with van der Waals surface area (Å²) in [6.45, 7) is 0. The van der Waals surface area contributed by atoms with Crippen LogP contribution in [0.15, 0.2) is 72.4 Å². The molecule has 15 heavy (non-hydrogen) atoms. The van der Waals surface area contributed by atoms with Crippen LogP contribution in [0, 0.1) is 0 Å². The van der Waals surface area contributed by atoms with Crippen LogP contribution >= 0.6 is 0 Å². The lowest BCUT2D eigenvalue weighted by Gasteiger charge is -1.98. The fourth-order valence-corrected chi connectivity index (χ4v) is 1.50. The van der Waals surface area contributed by atoms with Crippen LogP contribution in [0.25, 0.3) is 6.08 Å². The Hall–Kier alpha value is -1.82. The Morgan fingerprint density at radius 3 is 2.60 bits per heavy atom. The van der Waals surface area contributed by atoms with E-state index in [0.29, 0.717) is 0 Å². The fourth-order valence-electron chi connectivity index (χ4n) is 1.50. The highest BCUT2D eigenvalue weighted by atomic mass is 14.0. The van der Waals surface area contributed by atoms with Gasteiger partial charge >= 0.3 is 0 Å². The van der Waals surface area contributed by atoms with E-state index < -0.39 is 0 Å². The van der Waals surface area contributed by atoms with Crippen LogP contribution in [0.3, 0.4) is 0 Å². The maximum Gasteiger partial charge on any atom is -0.00943 e. The van der Waals surface area contributed by atoms with E-state index in [2.05, 4.69) is 66.8 Å². The Morgan fingerprint density at radius 2 is 1.87 bits per heavy atom. The Labute approximate surface area is 91.0 Å². The SMILES string of the molecule is C1=CCC(=CC=Cc2ccccc2)C=C1. The van der Waals surface area contributed by atoms with Gasteiger partial charge in [-0.3, -0.25) is 0 Å². The summed E-state index contributed by atoms with van der Waals surface area (Å²) in [5.74, 6) is 0. The predicted molar refractivity (Wildman–Crippen MR) is 66.5 cm³/mol. The first kappa shape index (κ1) is 9.72. The summed E-state index contributed by atoms with van der Waals surface area (Å²) in [4.78, 5) is 0. The topological polar surface area (TPSA) is 0 Å². The molecule has 0 aromatic heterocycles. The van der Waals surface area contributed by atoms with Gasteiger partial charge in [-0.15, -0.1) is 0 Å². The second-order valence-corrected chi connectivity index (χ2v) is 3.50. The Bertz CT molecular complexity index is 417. The van der Waals surface area contributed by atoms with Crippen molar-refractivity contribution >= 4 is 6.08 Å². The van der Waals surface area contributed by atoms with Crippen molar-refractivity contribution < 1.29 is 0 Å². The molecule has 0 unspecified atom stereocenters. The third-order valence-corrected chi connectivity index (χ3v) is 2.31. The molecule has 0 bridgehead atoms. The average molecular weight is 194 g/mol. The van der Waals surface area contributed by atoms with Gasteiger partial charge in [0.05, 0.1) is 0 Å². The highest BCUT2D eigenvalue weighted by Crippen LogP contribution is 2.10. The molecule has 0 nitrogen and oxygen atoms in total. The molecule has 1 aromatic carbocycles. The van der Waals surface area contributed by atoms with Gasteiger partial charge in [-0.05, 0) is 17.6 Å². The van der Waals surface area contributed by atoms with Crippen molar-refractivity contribution in [1.29, 1.82) is 0 Å². The normalized spacial score (nSPS) is 17.7. The largest absolute Gasteiger partial charge is 0.0801 e. The van der Waals surface area contributed by atoms with Crippen molar-refractivity contribution in [2.75, 3.05) is 0 Å². The van der Waals surface area contributed by atoms with Crippen LogP contribution in [0.2, 0.25) is 0 Å². The molecule has 1 aliphatic rings. The van der Waals surface area contributed by atoms with Gasteiger partial charge in [0.15, 0.2) is 0 Å². The van der Waals surface area contributed by atoms with E-state index in [1.165, 1.54) is 11.1 Å². The first-order chi connectivity index (χ1) is 7.45. The third kappa shape index (κ3) is 3.10. The van der Waals surface area contributed by atoms with E-state index in [1.54, 1.807) is 0 Å². The molecular weight excluding hydrogens is 180 g/mol. The molecule has 74 valence electrons. The highest BCUT2D eigenvalue weighted by Gasteiger charge is 1.90. The summed E-state index contributed by atoms with van der Waals surface area (Å²) >= 11 is 0. The second-order valence-electron chi connectivity index (χ2n) is 3.50. The van der Waals surface area contributed by atoms with Crippen molar-refractivity contribution in [1.82, 2.24) is 0 Å². The van der Waals surface area contributed by atoms with E-state index in [-0.39, 0.29) is 0 Å². The number of hydrogen-bond acceptors (Lipinski definition) is 0. The van der Waals surface area contributed by atoms with Crippen LogP contribution in [0.1, 0.15) is 12.0 Å². The molecule has 0 aliphatic heterocycles. The van der Waals surface area contributed by atoms with Crippen LogP contribution in [0.4, 0.5) is 0 Å². The summed E-state index contributed by atoms with van der Waals surface area (Å²) in [7, 11) is 0. The Morgan fingerprint density at radius 1 is 1.00 bits per heavy atom. The number of allylic oxidation sites excluding steroid dienone is 7. The quantitative estimate of drug-likeness (QED) is 0.663. The van der Waals surface area contributed by atoms with Crippen LogP contribution in [-0.2, 0) is 0 Å². The molecule has 0 saturated heterocycles. The molecule has 0 amide bonds. The van der Waals surface area contributed by atoms with Gasteiger partial charge in [-0.1, -0.05) is 72.9 Å². The van der Waals surface area contributed by atoms with Crippen molar-refractivity contribution in [2.24, 2.45) is 0 Å². The van der Waals surface area contributed by atoms with E-state index in [0.717, 1.165) is 6.42 Å². The van der Waals surface area contributed by atoms with Crippen molar-refractivity contribution in [2.45, 2.75) is 6.42 Å². The van der Waals surface area contributed by atoms with Gasteiger partial charge in [-0.25, -0.2) is 0 Å². The van der Waals surface area contributed by atoms with Gasteiger partial charge in [0.1, 0.15) is 0 Å². The summed E-state index contributed by atoms with van der Waals surface area (Å²) in [6, 6.07) is 10.3. The molecule has 0 spiro atoms. The van der Waals surface area contributed by atoms with Gasteiger partial charge in [0.25, 0.3) is 0 Å². The molecule has 0 fully saturated rings.